The molecule has 756 valence electrons. The third-order valence-electron chi connectivity index (χ3n) is 28.5. The van der Waals surface area contributed by atoms with Crippen LogP contribution in [0.25, 0.3) is 33.4 Å². The number of aliphatic hydroxyl groups is 6. The summed E-state index contributed by atoms with van der Waals surface area (Å²) in [5.41, 5.74) is 62.0. The maximum Gasteiger partial charge on any atom is 0.0727 e. The van der Waals surface area contributed by atoms with Crippen molar-refractivity contribution in [3.63, 3.8) is 0 Å². The van der Waals surface area contributed by atoms with E-state index in [1.165, 1.54) is 101 Å². The molecule has 0 aromatic carbocycles. The smallest absolute Gasteiger partial charge is 0.0727 e. The minimum Gasteiger partial charge on any atom is -0.398 e. The van der Waals surface area contributed by atoms with Gasteiger partial charge in [0.25, 0.3) is 0 Å². The van der Waals surface area contributed by atoms with Gasteiger partial charge in [-0.2, -0.15) is 70.6 Å². The quantitative estimate of drug-likeness (QED) is 0.00962. The number of nitrogens with two attached hydrogens (primary N) is 6. The molecule has 12 heterocycles. The van der Waals surface area contributed by atoms with Gasteiger partial charge in [-0.15, -0.1) is 18.9 Å². The normalized spacial score (nSPS) is 23.8. The summed E-state index contributed by atoms with van der Waals surface area (Å²) >= 11 is 11.8. The van der Waals surface area contributed by atoms with Crippen molar-refractivity contribution in [1.82, 2.24) is 59.3 Å². The lowest BCUT2D eigenvalue weighted by molar-refractivity contribution is 0.151. The number of hydrogen-bond donors (Lipinski definition) is 12. The van der Waals surface area contributed by atoms with Gasteiger partial charge in [-0.1, -0.05) is 89.5 Å². The largest absolute Gasteiger partial charge is 0.398 e. The number of unbranched alkanes of at least 4 members (excludes halogenated alkanes) is 5. The molecule has 12 atom stereocenters. The van der Waals surface area contributed by atoms with Crippen molar-refractivity contribution in [1.29, 1.82) is 0 Å². The molecule has 30 heteroatoms. The Balaban J connectivity index is 0.000000141. The molecule has 18 N–H and O–H groups in total. The highest BCUT2D eigenvalue weighted by Gasteiger charge is 2.40. The molecule has 0 spiro atoms. The van der Waals surface area contributed by atoms with E-state index in [1.807, 2.05) is 113 Å². The van der Waals surface area contributed by atoms with Gasteiger partial charge in [0, 0.05) is 264 Å². The van der Waals surface area contributed by atoms with Crippen LogP contribution in [0, 0.1) is 47.9 Å². The van der Waals surface area contributed by atoms with Crippen LogP contribution in [-0.2, 0) is 38.5 Å². The summed E-state index contributed by atoms with van der Waals surface area (Å²) in [4.78, 5) is 41.2. The maximum absolute atomic E-state index is 10.4. The molecule has 6 aliphatic carbocycles. The van der Waals surface area contributed by atoms with Crippen LogP contribution < -0.4 is 34.4 Å². The molecule has 6 saturated heterocycles. The summed E-state index contributed by atoms with van der Waals surface area (Å²) < 4.78 is 0. The van der Waals surface area contributed by atoms with Gasteiger partial charge in [-0.05, 0) is 222 Å². The zero-order valence-corrected chi connectivity index (χ0v) is 87.8. The molecule has 6 unspecified atom stereocenters. The lowest BCUT2D eigenvalue weighted by Gasteiger charge is -2.17. The minimum absolute atomic E-state index is 0.195. The number of terminal acetylenes is 1. The number of allylic oxidation sites excluding steroid dienone is 7. The van der Waals surface area contributed by atoms with Gasteiger partial charge >= 0.3 is 0 Å². The fourth-order valence-corrected chi connectivity index (χ4v) is 27.6. The topological polar surface area (TPSA) is 374 Å². The van der Waals surface area contributed by atoms with Gasteiger partial charge in [0.15, 0.2) is 0 Å². The Morgan fingerprint density at radius 1 is 0.309 bits per heavy atom. The van der Waals surface area contributed by atoms with Crippen molar-refractivity contribution < 1.29 is 30.6 Å². The van der Waals surface area contributed by atoms with Crippen molar-refractivity contribution in [2.45, 2.75) is 173 Å². The predicted molar refractivity (Wildman–Crippen MR) is 594 cm³/mol. The van der Waals surface area contributed by atoms with E-state index in [4.69, 9.17) is 40.8 Å². The Morgan fingerprint density at radius 2 is 0.525 bits per heavy atom. The van der Waals surface area contributed by atoms with Gasteiger partial charge in [-0.3, -0.25) is 59.3 Å². The number of likely N-dealkylation sites (tertiary alicyclic amines) is 6. The first-order valence-corrected chi connectivity index (χ1v) is 58.0. The molecule has 0 amide bonds. The molecule has 18 rings (SSSR count). The van der Waals surface area contributed by atoms with Crippen molar-refractivity contribution in [3.8, 4) is 12.3 Å². The van der Waals surface area contributed by atoms with Crippen LogP contribution in [-0.4, -0.2) is 313 Å². The monoisotopic (exact) mass is 2010 g/mol. The molecule has 6 aromatic rings. The number of nitrogens with zero attached hydrogens (tertiary/aromatic N) is 12. The van der Waals surface area contributed by atoms with Gasteiger partial charge in [0.2, 0.25) is 0 Å². The predicted octanol–water partition coefficient (Wildman–Crippen LogP) is 14.0. The van der Waals surface area contributed by atoms with Crippen LogP contribution in [0.1, 0.15) is 166 Å². The molecular formula is C109H158N18O6S6. The fraction of sp³-hybridized carbons (Fsp3) is 0.578. The van der Waals surface area contributed by atoms with Crippen LogP contribution in [0.3, 0.4) is 0 Å². The van der Waals surface area contributed by atoms with E-state index in [9.17, 15) is 30.6 Å². The molecule has 139 heavy (non-hydrogen) atoms. The first-order chi connectivity index (χ1) is 67.6. The highest BCUT2D eigenvalue weighted by Crippen LogP contribution is 2.40. The summed E-state index contributed by atoms with van der Waals surface area (Å²) in [5.74, 6) is 18.3. The Kier molecular flexibility index (Phi) is 44.4. The highest BCUT2D eigenvalue weighted by molar-refractivity contribution is 8.00. The number of pyridine rings is 6. The van der Waals surface area contributed by atoms with Crippen molar-refractivity contribution in [3.05, 3.63) is 190 Å². The second-order valence-electron chi connectivity index (χ2n) is 39.3. The van der Waals surface area contributed by atoms with E-state index in [1.54, 1.807) is 37.2 Å². The second-order valence-corrected chi connectivity index (χ2v) is 46.2. The number of aliphatic hydroxyl groups excluding tert-OH is 6. The lowest BCUT2D eigenvalue weighted by atomic mass is 10.1. The van der Waals surface area contributed by atoms with Crippen molar-refractivity contribution in [2.24, 2.45) is 35.5 Å². The third-order valence-corrected chi connectivity index (χ3v) is 36.1. The van der Waals surface area contributed by atoms with Crippen molar-refractivity contribution in [2.75, 3.05) is 221 Å². The Hall–Kier alpha value is -6.94. The molecule has 24 nitrogen and oxygen atoms in total. The number of thioether (sulfide) groups is 6. The standard InChI is InChI=1S/C20H27N3OS.C19H29N3OS.C18H27N3OS.C18H25N3OS.2C17H25N3OS/c1-2-3-4-5-10-25-14-16-12-23(13-19(16)24)11-15-6-7-17-18(21)8-9-22-20(15)17;1-2-3-4-9-24-13-15-11-22(12-18(15)23)10-14-5-6-16-17(20)7-8-21-19(14)16;2*1-2-3-8-23-12-14-10-21(11-17(14)22)9-13-4-5-15-16(19)6-7-20-18(13)15;2*1-2-7-22-11-13-9-20(10-16(13)21)8-12-3-4-14-15(18)5-6-19-17(12)14/h1,6,8-9,16,19,24H,3-5,7,10-14H2,(H2,21,22);5,7-8,15,18,23H,2-4,6,9-13H2,1H3,(H2,20,21);4,6-7,14,17,22H,2-3,5,8-12H2,1H3,(H2,19,20);2,4,6-7,14,17,22H,1,3,5,8-12H2,(H2,19,20);2*3,5-6,13,16,21H,2,4,7-11H2,1H3,(H2,18,19)/t16-,19?;15-,18?;2*14-,17?;2*13-,16?/m111111/s1. The summed E-state index contributed by atoms with van der Waals surface area (Å²) in [6.45, 7) is 28.2. The number of nitrogen functional groups attached to an aromatic ring is 6. The lowest BCUT2D eigenvalue weighted by Crippen LogP contribution is -2.24. The van der Waals surface area contributed by atoms with E-state index >= 15 is 0 Å². The summed E-state index contributed by atoms with van der Waals surface area (Å²) in [5, 5.41) is 61.9. The fourth-order valence-electron chi connectivity index (χ4n) is 20.6. The molecule has 0 bridgehead atoms. The minimum atomic E-state index is -0.228. The van der Waals surface area contributed by atoms with Crippen LogP contribution in [0.4, 0.5) is 34.1 Å². The Bertz CT molecular complexity index is 5070. The first-order valence-electron chi connectivity index (χ1n) is 51.1. The summed E-state index contributed by atoms with van der Waals surface area (Å²) in [7, 11) is 0. The Labute approximate surface area is 854 Å². The van der Waals surface area contributed by atoms with Gasteiger partial charge in [0.1, 0.15) is 0 Å². The zero-order chi connectivity index (χ0) is 98.1. The highest BCUT2D eigenvalue weighted by atomic mass is 32.2. The second kappa shape index (κ2) is 56.5. The van der Waals surface area contributed by atoms with E-state index in [0.29, 0.717) is 35.5 Å². The number of rotatable bonds is 42. The molecule has 0 radical (unpaired) electrons. The zero-order valence-electron chi connectivity index (χ0n) is 82.9. The number of fused-ring (bicyclic) bond motifs is 6. The average molecular weight is 2010 g/mol. The van der Waals surface area contributed by atoms with Crippen LogP contribution in [0.15, 0.2) is 123 Å². The maximum atomic E-state index is 10.4. The SMILES string of the molecule is C#CCCCCSC[C@H]1CN(CC2=CCc3c(N)ccnc32)CC1O.C=CCCSC[C@H]1CN(CC2=CCc3c(N)ccnc32)CC1O.CCCCCSC[C@H]1CN(CC2=CCc3c(N)ccnc32)CC1O.CCCCSC[C@H]1CN(CC2=CCc3c(N)ccnc32)CC1O.CCCSC[C@H]1CN(CC2=CCc3c(N)ccnc32)CC1O.CCCSC[C@H]1CN(CC2=CCc3c(N)ccnc32)CC1O. The Morgan fingerprint density at radius 3 is 0.741 bits per heavy atom. The van der Waals surface area contributed by atoms with Crippen LogP contribution in [0.2, 0.25) is 0 Å². The number of β-amino-alcohol motifs (C(OH)–C–C–N with tert-alkyl or cyclic N) is 6. The van der Waals surface area contributed by atoms with Gasteiger partial charge in [0.05, 0.1) is 70.8 Å². The van der Waals surface area contributed by atoms with Gasteiger partial charge < -0.3 is 65.0 Å². The molecule has 0 saturated carbocycles. The van der Waals surface area contributed by atoms with Gasteiger partial charge in [-0.25, -0.2) is 0 Å². The summed E-state index contributed by atoms with van der Waals surface area (Å²) in [6.07, 6.45) is 48.4. The molecule has 6 aliphatic heterocycles. The molecule has 6 aromatic heterocycles. The molecule has 12 aliphatic rings. The number of hydrogen-bond acceptors (Lipinski definition) is 30. The average Bonchev–Trinajstić information content (AvgIpc) is 1.68. The van der Waals surface area contributed by atoms with Crippen molar-refractivity contribution >= 4 is 138 Å². The van der Waals surface area contributed by atoms with E-state index < -0.39 is 0 Å². The summed E-state index contributed by atoms with van der Waals surface area (Å²) in [6, 6.07) is 11.2. The first kappa shape index (κ1) is 109. The number of anilines is 6. The van der Waals surface area contributed by atoms with Crippen LogP contribution >= 0.6 is 70.6 Å². The van der Waals surface area contributed by atoms with Crippen LogP contribution in [0.5, 0.6) is 0 Å². The van der Waals surface area contributed by atoms with E-state index in [2.05, 4.69) is 136 Å². The third kappa shape index (κ3) is 31.3. The van der Waals surface area contributed by atoms with E-state index in [-0.39, 0.29) is 36.6 Å². The molecular weight excluding hydrogens is 1850 g/mol. The number of aromatic nitrogens is 6. The van der Waals surface area contributed by atoms with E-state index in [0.717, 1.165) is 330 Å². The molecule has 6 fully saturated rings.